The minimum absolute atomic E-state index is 0.364. The number of hydrogen-bond donors (Lipinski definition) is 1. The van der Waals surface area contributed by atoms with Gasteiger partial charge in [0.25, 0.3) is 0 Å². The Morgan fingerprint density at radius 3 is 3.00 bits per heavy atom. The molecule has 1 aliphatic carbocycles. The third-order valence-electron chi connectivity index (χ3n) is 3.11. The van der Waals surface area contributed by atoms with E-state index in [0.29, 0.717) is 11.7 Å². The molecule has 0 aliphatic heterocycles. The summed E-state index contributed by atoms with van der Waals surface area (Å²) in [5.41, 5.74) is 2.61. The molecular weight excluding hydrogens is 196 g/mol. The molecule has 0 fully saturated rings. The molecule has 1 aromatic carbocycles. The van der Waals surface area contributed by atoms with Crippen molar-refractivity contribution in [3.05, 3.63) is 53.6 Å². The maximum Gasteiger partial charge on any atom is 0.115 e. The maximum absolute atomic E-state index is 9.52. The molecule has 1 heteroatoms. The van der Waals surface area contributed by atoms with Gasteiger partial charge in [-0.1, -0.05) is 30.4 Å². The van der Waals surface area contributed by atoms with Crippen LogP contribution in [0, 0.1) is 0 Å². The van der Waals surface area contributed by atoms with Gasteiger partial charge in [-0.05, 0) is 49.5 Å². The molecule has 1 aromatic rings. The lowest BCUT2D eigenvalue weighted by atomic mass is 9.82. The van der Waals surface area contributed by atoms with Crippen LogP contribution in [0.4, 0.5) is 0 Å². The molecule has 16 heavy (non-hydrogen) atoms. The van der Waals surface area contributed by atoms with Crippen LogP contribution in [0.25, 0.3) is 0 Å². The van der Waals surface area contributed by atoms with Crippen LogP contribution in [0.1, 0.15) is 37.7 Å². The fourth-order valence-electron chi connectivity index (χ4n) is 2.38. The van der Waals surface area contributed by atoms with Gasteiger partial charge in [-0.15, -0.1) is 0 Å². The van der Waals surface area contributed by atoms with Crippen molar-refractivity contribution >= 4 is 0 Å². The van der Waals surface area contributed by atoms with Gasteiger partial charge in [0.05, 0.1) is 0 Å². The molecule has 0 saturated carbocycles. The highest BCUT2D eigenvalue weighted by atomic mass is 16.3. The van der Waals surface area contributed by atoms with Crippen molar-refractivity contribution < 1.29 is 5.11 Å². The van der Waals surface area contributed by atoms with Gasteiger partial charge in [0.1, 0.15) is 5.75 Å². The minimum atomic E-state index is 0.364. The number of allylic oxidation sites excluding steroid dienone is 4. The van der Waals surface area contributed by atoms with Gasteiger partial charge in [-0.2, -0.15) is 0 Å². The molecule has 1 aliphatic rings. The van der Waals surface area contributed by atoms with Gasteiger partial charge in [-0.3, -0.25) is 0 Å². The van der Waals surface area contributed by atoms with E-state index >= 15 is 0 Å². The van der Waals surface area contributed by atoms with Crippen LogP contribution in [0.3, 0.4) is 0 Å². The van der Waals surface area contributed by atoms with E-state index < -0.39 is 0 Å². The summed E-state index contributed by atoms with van der Waals surface area (Å²) in [6, 6.07) is 7.64. The van der Waals surface area contributed by atoms with Crippen molar-refractivity contribution in [2.45, 2.75) is 32.1 Å². The van der Waals surface area contributed by atoms with Crippen molar-refractivity contribution in [3.63, 3.8) is 0 Å². The van der Waals surface area contributed by atoms with Gasteiger partial charge >= 0.3 is 0 Å². The molecule has 1 nitrogen and oxygen atoms in total. The fourth-order valence-corrected chi connectivity index (χ4v) is 2.38. The minimum Gasteiger partial charge on any atom is -0.508 e. The molecule has 0 aromatic heterocycles. The highest BCUT2D eigenvalue weighted by molar-refractivity contribution is 5.39. The Hall–Kier alpha value is -1.50. The Morgan fingerprint density at radius 1 is 1.38 bits per heavy atom. The summed E-state index contributed by atoms with van der Waals surface area (Å²) in [6.07, 6.45) is 10.2. The Labute approximate surface area is 97.1 Å². The first-order valence-corrected chi connectivity index (χ1v) is 5.93. The monoisotopic (exact) mass is 214 g/mol. The predicted octanol–water partition coefficient (Wildman–Crippen LogP) is 4.16. The maximum atomic E-state index is 9.52. The number of benzene rings is 1. The van der Waals surface area contributed by atoms with E-state index in [-0.39, 0.29) is 0 Å². The Bertz CT molecular complexity index is 415. The second-order valence-electron chi connectivity index (χ2n) is 4.28. The Balaban J connectivity index is 2.31. The number of phenolic OH excluding ortho intramolecular Hbond substituents is 1. The van der Waals surface area contributed by atoms with E-state index in [4.69, 9.17) is 0 Å². The van der Waals surface area contributed by atoms with E-state index in [1.807, 2.05) is 12.1 Å². The Morgan fingerprint density at radius 2 is 2.25 bits per heavy atom. The molecule has 84 valence electrons. The van der Waals surface area contributed by atoms with Crippen molar-refractivity contribution in [1.29, 1.82) is 0 Å². The van der Waals surface area contributed by atoms with Crippen LogP contribution < -0.4 is 0 Å². The van der Waals surface area contributed by atoms with E-state index in [2.05, 4.69) is 31.2 Å². The highest BCUT2D eigenvalue weighted by Crippen LogP contribution is 2.35. The van der Waals surface area contributed by atoms with Crippen molar-refractivity contribution in [1.82, 2.24) is 0 Å². The van der Waals surface area contributed by atoms with Crippen LogP contribution in [-0.4, -0.2) is 5.11 Å². The zero-order valence-electron chi connectivity index (χ0n) is 9.69. The number of rotatable bonds is 2. The molecule has 0 amide bonds. The molecule has 1 unspecified atom stereocenters. The normalized spacial score (nSPS) is 21.1. The van der Waals surface area contributed by atoms with E-state index in [0.717, 1.165) is 0 Å². The largest absolute Gasteiger partial charge is 0.508 e. The zero-order chi connectivity index (χ0) is 11.4. The number of phenols is 1. The lowest BCUT2D eigenvalue weighted by Crippen LogP contribution is -2.05. The molecule has 0 bridgehead atoms. The number of hydrogen-bond acceptors (Lipinski definition) is 1. The summed E-state index contributed by atoms with van der Waals surface area (Å²) in [5.74, 6) is 0.819. The van der Waals surface area contributed by atoms with Crippen LogP contribution in [-0.2, 0) is 0 Å². The van der Waals surface area contributed by atoms with Gasteiger partial charge in [-0.25, -0.2) is 0 Å². The summed E-state index contributed by atoms with van der Waals surface area (Å²) in [4.78, 5) is 0. The molecular formula is C15H18O. The zero-order valence-corrected chi connectivity index (χ0v) is 9.69. The molecule has 0 spiro atoms. The number of aromatic hydroxyl groups is 1. The van der Waals surface area contributed by atoms with Crippen molar-refractivity contribution in [3.8, 4) is 5.75 Å². The summed E-state index contributed by atoms with van der Waals surface area (Å²) in [5, 5.41) is 9.52. The lowest BCUT2D eigenvalue weighted by molar-refractivity contribution is 0.473. The van der Waals surface area contributed by atoms with E-state index in [1.165, 1.54) is 30.4 Å². The van der Waals surface area contributed by atoms with Crippen molar-refractivity contribution in [2.24, 2.45) is 0 Å². The van der Waals surface area contributed by atoms with E-state index in [9.17, 15) is 5.11 Å². The second kappa shape index (κ2) is 5.02. The topological polar surface area (TPSA) is 20.2 Å². The Kier molecular flexibility index (Phi) is 3.45. The first-order valence-electron chi connectivity index (χ1n) is 5.93. The standard InChI is InChI=1S/C15H18O/c1-2-6-12-7-3-4-10-15(12)13-8-5-9-14(16)11-13/h2,5-9,11,15-16H,3-4,10H2,1H3/b6-2-. The molecule has 0 radical (unpaired) electrons. The second-order valence-corrected chi connectivity index (χ2v) is 4.28. The third-order valence-corrected chi connectivity index (χ3v) is 3.11. The average molecular weight is 214 g/mol. The van der Waals surface area contributed by atoms with Crippen molar-refractivity contribution in [2.75, 3.05) is 0 Å². The smallest absolute Gasteiger partial charge is 0.115 e. The first-order chi connectivity index (χ1) is 7.81. The fraction of sp³-hybridized carbons (Fsp3) is 0.333. The van der Waals surface area contributed by atoms with Gasteiger partial charge in [0.2, 0.25) is 0 Å². The summed E-state index contributed by atoms with van der Waals surface area (Å²) in [6.45, 7) is 2.05. The molecule has 2 rings (SSSR count). The molecule has 0 heterocycles. The van der Waals surface area contributed by atoms with Gasteiger partial charge in [0, 0.05) is 5.92 Å². The van der Waals surface area contributed by atoms with Gasteiger partial charge < -0.3 is 5.11 Å². The third kappa shape index (κ3) is 2.35. The SMILES string of the molecule is C/C=C\C1=CCCCC1c1cccc(O)c1. The average Bonchev–Trinajstić information content (AvgIpc) is 2.30. The quantitative estimate of drug-likeness (QED) is 0.783. The summed E-state index contributed by atoms with van der Waals surface area (Å²) < 4.78 is 0. The van der Waals surface area contributed by atoms with Crippen LogP contribution >= 0.6 is 0 Å². The predicted molar refractivity (Wildman–Crippen MR) is 67.6 cm³/mol. The van der Waals surface area contributed by atoms with Crippen LogP contribution in [0.15, 0.2) is 48.1 Å². The van der Waals surface area contributed by atoms with Crippen LogP contribution in [0.5, 0.6) is 5.75 Å². The highest BCUT2D eigenvalue weighted by Gasteiger charge is 2.17. The van der Waals surface area contributed by atoms with Gasteiger partial charge in [0.15, 0.2) is 0 Å². The molecule has 0 saturated heterocycles. The molecule has 1 atom stereocenters. The van der Waals surface area contributed by atoms with Crippen LogP contribution in [0.2, 0.25) is 0 Å². The van der Waals surface area contributed by atoms with E-state index in [1.54, 1.807) is 6.07 Å². The molecule has 1 N–H and O–H groups in total. The summed E-state index contributed by atoms with van der Waals surface area (Å²) in [7, 11) is 0. The lowest BCUT2D eigenvalue weighted by Gasteiger charge is -2.23. The summed E-state index contributed by atoms with van der Waals surface area (Å²) >= 11 is 0. The first kappa shape index (κ1) is 11.0.